The molecule has 0 aliphatic carbocycles. The predicted molar refractivity (Wildman–Crippen MR) is 66.7 cm³/mol. The Morgan fingerprint density at radius 2 is 1.36 bits per heavy atom. The average Bonchev–Trinajstić information content (AvgIpc) is 2.45. The smallest absolute Gasteiger partial charge is 0.369 e. The fraction of sp³-hybridized carbons (Fsp3) is 0.200. The second kappa shape index (κ2) is 5.31. The molecule has 0 saturated carbocycles. The van der Waals surface area contributed by atoms with Gasteiger partial charge in [0.15, 0.2) is 0 Å². The Bertz CT molecular complexity index is 631. The van der Waals surface area contributed by atoms with Crippen LogP contribution in [0.2, 0.25) is 0 Å². The van der Waals surface area contributed by atoms with E-state index in [1.54, 1.807) is 18.2 Å². The first kappa shape index (κ1) is 16.4. The quantitative estimate of drug-likeness (QED) is 0.810. The SMILES string of the molecule is OC(c1cc[c]c(-c2ccccc2)c1)(C(F)(F)F)C(F)(F)F. The summed E-state index contributed by atoms with van der Waals surface area (Å²) in [6.45, 7) is 0. The van der Waals surface area contributed by atoms with Gasteiger partial charge in [-0.1, -0.05) is 42.5 Å². The minimum absolute atomic E-state index is 0.0185. The molecule has 1 nitrogen and oxygen atoms in total. The summed E-state index contributed by atoms with van der Waals surface area (Å²) < 4.78 is 77.0. The topological polar surface area (TPSA) is 20.2 Å². The van der Waals surface area contributed by atoms with Crippen LogP contribution < -0.4 is 0 Å². The van der Waals surface area contributed by atoms with Crippen molar-refractivity contribution in [2.45, 2.75) is 18.0 Å². The van der Waals surface area contributed by atoms with Crippen LogP contribution >= 0.6 is 0 Å². The fourth-order valence-electron chi connectivity index (χ4n) is 1.96. The minimum Gasteiger partial charge on any atom is -0.369 e. The Morgan fingerprint density at radius 3 is 1.86 bits per heavy atom. The maximum Gasteiger partial charge on any atom is 0.430 e. The lowest BCUT2D eigenvalue weighted by atomic mass is 9.90. The maximum atomic E-state index is 12.8. The van der Waals surface area contributed by atoms with Gasteiger partial charge in [0.25, 0.3) is 5.60 Å². The zero-order valence-corrected chi connectivity index (χ0v) is 10.8. The number of halogens is 6. The van der Waals surface area contributed by atoms with Crippen LogP contribution in [0.1, 0.15) is 5.56 Å². The first-order valence-corrected chi connectivity index (χ1v) is 6.01. The molecule has 0 aromatic heterocycles. The number of aliphatic hydroxyl groups is 1. The van der Waals surface area contributed by atoms with E-state index in [2.05, 4.69) is 6.07 Å². The van der Waals surface area contributed by atoms with Crippen molar-refractivity contribution >= 4 is 0 Å². The van der Waals surface area contributed by atoms with Crippen molar-refractivity contribution in [1.29, 1.82) is 0 Å². The van der Waals surface area contributed by atoms with Gasteiger partial charge >= 0.3 is 12.4 Å². The summed E-state index contributed by atoms with van der Waals surface area (Å²) in [5, 5.41) is 9.36. The molecule has 2 aromatic rings. The highest BCUT2D eigenvalue weighted by Crippen LogP contribution is 2.50. The van der Waals surface area contributed by atoms with E-state index in [1.165, 1.54) is 12.1 Å². The molecule has 2 rings (SSSR count). The van der Waals surface area contributed by atoms with Crippen LogP contribution in [0.15, 0.2) is 48.5 Å². The summed E-state index contributed by atoms with van der Waals surface area (Å²) in [4.78, 5) is 0. The minimum atomic E-state index is -5.90. The fourth-order valence-corrected chi connectivity index (χ4v) is 1.96. The largest absolute Gasteiger partial charge is 0.430 e. The van der Waals surface area contributed by atoms with E-state index < -0.39 is 23.5 Å². The van der Waals surface area contributed by atoms with Crippen LogP contribution in [-0.4, -0.2) is 17.5 Å². The lowest BCUT2D eigenvalue weighted by Gasteiger charge is -2.32. The predicted octanol–water partition coefficient (Wildman–Crippen LogP) is 4.47. The zero-order valence-electron chi connectivity index (χ0n) is 10.8. The second-order valence-corrected chi connectivity index (χ2v) is 4.56. The van der Waals surface area contributed by atoms with Gasteiger partial charge in [-0.15, -0.1) is 0 Å². The van der Waals surface area contributed by atoms with E-state index >= 15 is 0 Å². The Balaban J connectivity index is 2.61. The Hall–Kier alpha value is -2.02. The third kappa shape index (κ3) is 2.68. The third-order valence-electron chi connectivity index (χ3n) is 3.12. The Morgan fingerprint density at radius 1 is 0.818 bits per heavy atom. The molecule has 0 amide bonds. The lowest BCUT2D eigenvalue weighted by molar-refractivity contribution is -0.376. The van der Waals surface area contributed by atoms with E-state index in [4.69, 9.17) is 0 Å². The van der Waals surface area contributed by atoms with Crippen molar-refractivity contribution in [3.63, 3.8) is 0 Å². The Labute approximate surface area is 121 Å². The monoisotopic (exact) mass is 319 g/mol. The van der Waals surface area contributed by atoms with Gasteiger partial charge in [-0.3, -0.25) is 0 Å². The van der Waals surface area contributed by atoms with Crippen LogP contribution in [0.25, 0.3) is 11.1 Å². The van der Waals surface area contributed by atoms with Crippen molar-refractivity contribution in [3.8, 4) is 11.1 Å². The van der Waals surface area contributed by atoms with Gasteiger partial charge in [0.2, 0.25) is 0 Å². The van der Waals surface area contributed by atoms with Gasteiger partial charge in [0.05, 0.1) is 0 Å². The average molecular weight is 319 g/mol. The standard InChI is InChI=1S/C15H9F6O/c16-14(17,18)13(22,15(19,20)21)12-8-4-7-11(9-12)10-5-2-1-3-6-10/h1-6,8-9,22H. The van der Waals surface area contributed by atoms with E-state index in [-0.39, 0.29) is 5.56 Å². The van der Waals surface area contributed by atoms with Crippen LogP contribution in [0, 0.1) is 6.07 Å². The van der Waals surface area contributed by atoms with Crippen molar-refractivity contribution in [1.82, 2.24) is 0 Å². The van der Waals surface area contributed by atoms with Gasteiger partial charge in [-0.25, -0.2) is 0 Å². The van der Waals surface area contributed by atoms with Crippen molar-refractivity contribution in [2.24, 2.45) is 0 Å². The van der Waals surface area contributed by atoms with Gasteiger partial charge in [-0.05, 0) is 23.3 Å². The molecule has 117 valence electrons. The number of benzene rings is 2. The maximum absolute atomic E-state index is 12.8. The van der Waals surface area contributed by atoms with Crippen molar-refractivity contribution < 1.29 is 31.4 Å². The van der Waals surface area contributed by atoms with Crippen LogP contribution in [0.3, 0.4) is 0 Å². The molecular weight excluding hydrogens is 310 g/mol. The molecule has 0 heterocycles. The molecule has 0 spiro atoms. The second-order valence-electron chi connectivity index (χ2n) is 4.56. The molecule has 1 radical (unpaired) electrons. The summed E-state index contributed by atoms with van der Waals surface area (Å²) in [5.74, 6) is 0. The summed E-state index contributed by atoms with van der Waals surface area (Å²) in [6, 6.07) is 12.5. The zero-order chi connectivity index (χ0) is 16.6. The third-order valence-corrected chi connectivity index (χ3v) is 3.12. The van der Waals surface area contributed by atoms with Gasteiger partial charge in [0.1, 0.15) is 0 Å². The molecule has 0 unspecified atom stereocenters. The molecule has 7 heteroatoms. The molecule has 2 aromatic carbocycles. The van der Waals surface area contributed by atoms with Crippen molar-refractivity contribution in [2.75, 3.05) is 0 Å². The lowest BCUT2D eigenvalue weighted by Crippen LogP contribution is -2.53. The van der Waals surface area contributed by atoms with E-state index in [9.17, 15) is 31.4 Å². The molecule has 0 bridgehead atoms. The highest BCUT2D eigenvalue weighted by Gasteiger charge is 2.71. The summed E-state index contributed by atoms with van der Waals surface area (Å²) >= 11 is 0. The van der Waals surface area contributed by atoms with Gasteiger partial charge < -0.3 is 5.11 Å². The molecule has 0 saturated heterocycles. The summed E-state index contributed by atoms with van der Waals surface area (Å²) in [5.41, 5.74) is -5.83. The number of hydrogen-bond acceptors (Lipinski definition) is 1. The number of rotatable bonds is 2. The van der Waals surface area contributed by atoms with E-state index in [1.807, 2.05) is 0 Å². The molecule has 0 aliphatic rings. The molecule has 0 aliphatic heterocycles. The summed E-state index contributed by atoms with van der Waals surface area (Å²) in [7, 11) is 0. The van der Waals surface area contributed by atoms with Crippen LogP contribution in [0.5, 0.6) is 0 Å². The summed E-state index contributed by atoms with van der Waals surface area (Å²) in [6.07, 6.45) is -11.8. The Kier molecular flexibility index (Phi) is 3.95. The van der Waals surface area contributed by atoms with Gasteiger partial charge in [-0.2, -0.15) is 26.3 Å². The number of alkyl halides is 6. The molecule has 0 fully saturated rings. The normalized spacial score (nSPS) is 13.2. The van der Waals surface area contributed by atoms with E-state index in [0.717, 1.165) is 6.07 Å². The van der Waals surface area contributed by atoms with Gasteiger partial charge in [0, 0.05) is 5.56 Å². The molecular formula is C15H9F6O. The molecule has 0 atom stereocenters. The van der Waals surface area contributed by atoms with Crippen molar-refractivity contribution in [3.05, 3.63) is 60.2 Å². The first-order valence-electron chi connectivity index (χ1n) is 6.01. The van der Waals surface area contributed by atoms with Crippen LogP contribution in [0.4, 0.5) is 26.3 Å². The molecule has 22 heavy (non-hydrogen) atoms. The highest BCUT2D eigenvalue weighted by atomic mass is 19.4. The highest BCUT2D eigenvalue weighted by molar-refractivity contribution is 5.63. The van der Waals surface area contributed by atoms with E-state index in [0.29, 0.717) is 17.7 Å². The van der Waals surface area contributed by atoms with Crippen LogP contribution in [-0.2, 0) is 5.60 Å². The number of hydrogen-bond donors (Lipinski definition) is 1. The molecule has 1 N–H and O–H groups in total. The first-order chi connectivity index (χ1) is 10.1.